The number of fused-ring (bicyclic) bond motifs is 6. The number of thiophene rings is 1. The molecule has 2 nitrogen and oxygen atoms in total. The van der Waals surface area contributed by atoms with Crippen LogP contribution in [0.5, 0.6) is 0 Å². The summed E-state index contributed by atoms with van der Waals surface area (Å²) in [5.41, 5.74) is 15.3. The summed E-state index contributed by atoms with van der Waals surface area (Å²) >= 11 is 1.80. The molecule has 2 aliphatic rings. The fourth-order valence-corrected chi connectivity index (χ4v) is 9.16. The van der Waals surface area contributed by atoms with E-state index in [9.17, 15) is 0 Å². The molecular weight excluding hydrogens is 685 g/mol. The van der Waals surface area contributed by atoms with Gasteiger partial charge in [-0.2, -0.15) is 0 Å². The molecule has 2 aliphatic heterocycles. The third-order valence-electron chi connectivity index (χ3n) is 10.7. The highest BCUT2D eigenvalue weighted by molar-refractivity contribution is 7.24. The average Bonchev–Trinajstić information content (AvgIpc) is 4.01. The van der Waals surface area contributed by atoms with Crippen molar-refractivity contribution < 1.29 is 0 Å². The fourth-order valence-electron chi connectivity index (χ4n) is 8.00. The molecule has 8 aromatic rings. The number of benzene rings is 6. The van der Waals surface area contributed by atoms with E-state index < -0.39 is 0 Å². The average molecular weight is 721 g/mol. The maximum absolute atomic E-state index is 5.53. The minimum Gasteiger partial charge on any atom is -0.248 e. The van der Waals surface area contributed by atoms with Gasteiger partial charge in [0, 0.05) is 31.7 Å². The fraction of sp³-hybridized carbons (Fsp3) is 0.0385. The van der Waals surface area contributed by atoms with Crippen molar-refractivity contribution in [2.75, 3.05) is 0 Å². The molecule has 55 heavy (non-hydrogen) atoms. The predicted octanol–water partition coefficient (Wildman–Crippen LogP) is 14.5. The standard InChI is InChI=1S/C52H36N2S/c1-33-19-23-37(24-20-33)51-45-29-27-43(53-45)49(35-11-5-3-6-12-35)41-17-9-16-40-39(41)15-10-18-42(40)50(36-13-7-4-8-14-36)44-28-30-46(54-44)52(48-32-31-47(51)55-48)38-25-21-34(2)22-26-38/h3-32H,1-2H3. The van der Waals surface area contributed by atoms with Crippen LogP contribution in [0.15, 0.2) is 158 Å². The Morgan fingerprint density at radius 1 is 0.309 bits per heavy atom. The Morgan fingerprint density at radius 3 is 1.05 bits per heavy atom. The van der Waals surface area contributed by atoms with Crippen molar-refractivity contribution in [2.45, 2.75) is 13.8 Å². The van der Waals surface area contributed by atoms with E-state index >= 15 is 0 Å². The van der Waals surface area contributed by atoms with Crippen LogP contribution >= 0.6 is 11.3 Å². The van der Waals surface area contributed by atoms with E-state index in [1.54, 1.807) is 11.3 Å². The highest BCUT2D eigenvalue weighted by atomic mass is 32.1. The number of aryl methyl sites for hydroxylation is 2. The van der Waals surface area contributed by atoms with Gasteiger partial charge in [0.25, 0.3) is 0 Å². The Kier molecular flexibility index (Phi) is 8.16. The van der Waals surface area contributed by atoms with Crippen molar-refractivity contribution in [2.24, 2.45) is 0 Å². The van der Waals surface area contributed by atoms with Crippen LogP contribution in [-0.4, -0.2) is 9.97 Å². The zero-order valence-electron chi connectivity index (χ0n) is 30.6. The summed E-state index contributed by atoms with van der Waals surface area (Å²) in [6.07, 6.45) is 8.80. The third-order valence-corrected chi connectivity index (χ3v) is 11.8. The number of nitrogens with zero attached hydrogens (tertiary/aromatic N) is 2. The smallest absolute Gasteiger partial charge is 0.0730 e. The highest BCUT2D eigenvalue weighted by Crippen LogP contribution is 2.42. The normalized spacial score (nSPS) is 12.0. The van der Waals surface area contributed by atoms with Gasteiger partial charge in [-0.3, -0.25) is 0 Å². The van der Waals surface area contributed by atoms with Gasteiger partial charge in [-0.1, -0.05) is 157 Å². The van der Waals surface area contributed by atoms with Crippen LogP contribution in [0.4, 0.5) is 0 Å². The summed E-state index contributed by atoms with van der Waals surface area (Å²) in [5.74, 6) is 0. The predicted molar refractivity (Wildman–Crippen MR) is 237 cm³/mol. The summed E-state index contributed by atoms with van der Waals surface area (Å²) < 4.78 is 2.33. The van der Waals surface area contributed by atoms with Gasteiger partial charge in [-0.05, 0) is 94.1 Å². The Hall–Kier alpha value is -6.68. The Balaban J connectivity index is 1.45. The molecule has 6 aromatic carbocycles. The van der Waals surface area contributed by atoms with Gasteiger partial charge >= 0.3 is 0 Å². The highest BCUT2D eigenvalue weighted by Gasteiger charge is 2.19. The summed E-state index contributed by atoms with van der Waals surface area (Å²) in [7, 11) is 0. The van der Waals surface area contributed by atoms with Crippen molar-refractivity contribution in [3.63, 3.8) is 0 Å². The lowest BCUT2D eigenvalue weighted by atomic mass is 9.92. The van der Waals surface area contributed by atoms with Gasteiger partial charge < -0.3 is 0 Å². The van der Waals surface area contributed by atoms with E-state index in [4.69, 9.17) is 9.97 Å². The topological polar surface area (TPSA) is 25.8 Å². The summed E-state index contributed by atoms with van der Waals surface area (Å²) in [4.78, 5) is 11.1. The van der Waals surface area contributed by atoms with Crippen molar-refractivity contribution in [1.82, 2.24) is 9.97 Å². The lowest BCUT2D eigenvalue weighted by molar-refractivity contribution is 1.32. The van der Waals surface area contributed by atoms with Crippen molar-refractivity contribution in [3.8, 4) is 44.5 Å². The molecule has 0 unspecified atom stereocenters. The first kappa shape index (κ1) is 32.9. The SMILES string of the molecule is Cc1ccc(-c2c3nc(c(-c4ccccc4)c4cccc5c(cccc45)c(-c4ccccc4)c4nc(c(-c5ccc(C)cc5)c5ccc2s5)C=C4)C=C3)cc1. The van der Waals surface area contributed by atoms with E-state index in [1.807, 2.05) is 0 Å². The van der Waals surface area contributed by atoms with Crippen LogP contribution < -0.4 is 0 Å². The van der Waals surface area contributed by atoms with Gasteiger partial charge in [0.1, 0.15) is 0 Å². The Bertz CT molecular complexity index is 2800. The molecule has 0 spiro atoms. The first-order valence-corrected chi connectivity index (χ1v) is 19.6. The molecule has 0 atom stereocenters. The van der Waals surface area contributed by atoms with Gasteiger partial charge in [0.15, 0.2) is 0 Å². The van der Waals surface area contributed by atoms with Crippen LogP contribution in [0.3, 0.4) is 0 Å². The zero-order chi connectivity index (χ0) is 36.9. The van der Waals surface area contributed by atoms with Crippen molar-refractivity contribution in [1.29, 1.82) is 0 Å². The van der Waals surface area contributed by atoms with Crippen LogP contribution in [0.1, 0.15) is 33.9 Å². The molecule has 0 N–H and O–H groups in total. The third kappa shape index (κ3) is 5.90. The lowest BCUT2D eigenvalue weighted by Gasteiger charge is -2.12. The minimum atomic E-state index is 0.950. The molecule has 0 amide bonds. The van der Waals surface area contributed by atoms with Crippen LogP contribution in [0.25, 0.3) is 99.8 Å². The van der Waals surface area contributed by atoms with E-state index in [0.29, 0.717) is 0 Å². The van der Waals surface area contributed by atoms with Gasteiger partial charge in [-0.25, -0.2) is 9.97 Å². The van der Waals surface area contributed by atoms with Crippen molar-refractivity contribution >= 4 is 66.6 Å². The van der Waals surface area contributed by atoms with E-state index in [-0.39, 0.29) is 0 Å². The number of aromatic nitrogens is 2. The largest absolute Gasteiger partial charge is 0.248 e. The van der Waals surface area contributed by atoms with Gasteiger partial charge in [0.05, 0.1) is 22.8 Å². The molecule has 0 radical (unpaired) electrons. The summed E-state index contributed by atoms with van der Waals surface area (Å²) in [6, 6.07) is 57.0. The molecule has 0 saturated carbocycles. The maximum atomic E-state index is 5.53. The molecule has 260 valence electrons. The van der Waals surface area contributed by atoms with E-state index in [1.165, 1.54) is 21.9 Å². The maximum Gasteiger partial charge on any atom is 0.0730 e. The molecule has 10 bridgehead atoms. The molecule has 3 heteroatoms. The van der Waals surface area contributed by atoms with Crippen LogP contribution in [0.2, 0.25) is 0 Å². The van der Waals surface area contributed by atoms with Gasteiger partial charge in [-0.15, -0.1) is 11.3 Å². The summed E-state index contributed by atoms with van der Waals surface area (Å²) in [6.45, 7) is 4.28. The second kappa shape index (κ2) is 13.6. The minimum absolute atomic E-state index is 0.950. The second-order valence-corrected chi connectivity index (χ2v) is 15.3. The van der Waals surface area contributed by atoms with Crippen LogP contribution in [-0.2, 0) is 0 Å². The molecule has 10 rings (SSSR count). The molecule has 0 fully saturated rings. The monoisotopic (exact) mass is 720 g/mol. The Labute approximate surface area is 325 Å². The first-order valence-electron chi connectivity index (χ1n) is 18.7. The molecule has 4 heterocycles. The molecular formula is C52H36N2S. The second-order valence-electron chi connectivity index (χ2n) is 14.3. The summed E-state index contributed by atoms with van der Waals surface area (Å²) in [5, 5.41) is 4.64. The molecule has 0 aliphatic carbocycles. The number of hydrogen-bond donors (Lipinski definition) is 0. The molecule has 0 saturated heterocycles. The Morgan fingerprint density at radius 2 is 0.655 bits per heavy atom. The number of hydrogen-bond acceptors (Lipinski definition) is 3. The quantitative estimate of drug-likeness (QED) is 0.181. The lowest BCUT2D eigenvalue weighted by Crippen LogP contribution is -1.89. The van der Waals surface area contributed by atoms with Crippen molar-refractivity contribution in [3.05, 3.63) is 192 Å². The number of rotatable bonds is 4. The first-order chi connectivity index (χ1) is 27.1. The molecule has 2 aromatic heterocycles. The van der Waals surface area contributed by atoms with Gasteiger partial charge in [0.2, 0.25) is 0 Å². The van der Waals surface area contributed by atoms with E-state index in [2.05, 4.69) is 196 Å². The zero-order valence-corrected chi connectivity index (χ0v) is 31.4. The van der Waals surface area contributed by atoms with Crippen LogP contribution in [0, 0.1) is 13.8 Å². The van der Waals surface area contributed by atoms with E-state index in [0.717, 1.165) is 87.5 Å².